The summed E-state index contributed by atoms with van der Waals surface area (Å²) in [6.07, 6.45) is 32.3. The van der Waals surface area contributed by atoms with E-state index in [9.17, 15) is 4.79 Å². The normalized spacial score (nSPS) is 13.5. The van der Waals surface area contributed by atoms with Crippen LogP contribution in [-0.4, -0.2) is 36.1 Å². The fourth-order valence-corrected chi connectivity index (χ4v) is 11.3. The average molecular weight is 574 g/mol. The lowest BCUT2D eigenvalue weighted by Crippen LogP contribution is -2.29. The molecule has 4 heteroatoms. The van der Waals surface area contributed by atoms with Crippen molar-refractivity contribution >= 4 is 25.9 Å². The highest BCUT2D eigenvalue weighted by Crippen LogP contribution is 2.66. The molecule has 38 heavy (non-hydrogen) atoms. The summed E-state index contributed by atoms with van der Waals surface area (Å²) in [5, 5.41) is 0. The van der Waals surface area contributed by atoms with Crippen molar-refractivity contribution in [1.82, 2.24) is 0 Å². The third-order valence-electron chi connectivity index (χ3n) is 8.61. The van der Waals surface area contributed by atoms with Crippen LogP contribution in [0.25, 0.3) is 0 Å². The maximum Gasteiger partial charge on any atom is 0.357 e. The Bertz CT molecular complexity index is 472. The molecule has 0 saturated heterocycles. The third kappa shape index (κ3) is 19.3. The van der Waals surface area contributed by atoms with Gasteiger partial charge < -0.3 is 4.74 Å². The Morgan fingerprint density at radius 3 is 1.32 bits per heavy atom. The quantitative estimate of drug-likeness (QED) is 0.0417. The van der Waals surface area contributed by atoms with Gasteiger partial charge in [0.05, 0.1) is 25.1 Å². The highest BCUT2D eigenvalue weighted by molar-refractivity contribution is 7.97. The van der Waals surface area contributed by atoms with E-state index >= 15 is 0 Å². The number of unbranched alkanes of at least 4 members (excludes halogenated alkanes) is 16. The number of ether oxygens (including phenoxy) is 1. The number of rotatable bonds is 29. The van der Waals surface area contributed by atoms with Crippen molar-refractivity contribution in [3.63, 3.8) is 0 Å². The molecular weight excluding hydrogens is 503 g/mol. The topological polar surface area (TPSA) is 26.3 Å². The van der Waals surface area contributed by atoms with Gasteiger partial charge in [-0.2, -0.15) is 0 Å². The van der Waals surface area contributed by atoms with Gasteiger partial charge in [0.2, 0.25) is 4.99 Å². The zero-order valence-electron chi connectivity index (χ0n) is 26.8. The van der Waals surface area contributed by atoms with Crippen molar-refractivity contribution in [2.45, 2.75) is 181 Å². The standard InChI is InChI=1S/C34H69O2PS/c1-6-11-15-18-21-24-28-37(29-25-22-19-16-12-7-2,30-26-23-20-17-13-8-3)34(38)33(35)36-31-32(10-5)27-14-9-4/h32,34H,6-31H2,1-5H3/p+1. The molecule has 0 fully saturated rings. The Balaban J connectivity index is 5.38. The molecule has 0 N–H and O–H groups in total. The molecule has 0 aromatic carbocycles. The minimum Gasteiger partial charge on any atom is -0.462 e. The second kappa shape index (κ2) is 27.4. The molecule has 2 unspecified atom stereocenters. The van der Waals surface area contributed by atoms with E-state index in [1.165, 1.54) is 153 Å². The maximum absolute atomic E-state index is 13.5. The van der Waals surface area contributed by atoms with Crippen LogP contribution in [-0.2, 0) is 9.53 Å². The van der Waals surface area contributed by atoms with E-state index in [1.807, 2.05) is 0 Å². The molecule has 0 amide bonds. The SMILES string of the molecule is CCCCCCCC[P+](CCCCCCCC)(CCCCCCCC)C(S)C(=O)OCC(CC)CCCC. The van der Waals surface area contributed by atoms with Gasteiger partial charge in [-0.1, -0.05) is 131 Å². The van der Waals surface area contributed by atoms with Crippen LogP contribution in [0.2, 0.25) is 0 Å². The van der Waals surface area contributed by atoms with Gasteiger partial charge in [-0.3, -0.25) is 0 Å². The Morgan fingerprint density at radius 2 is 0.947 bits per heavy atom. The zero-order chi connectivity index (χ0) is 28.3. The summed E-state index contributed by atoms with van der Waals surface area (Å²) in [6, 6.07) is 0. The summed E-state index contributed by atoms with van der Waals surface area (Å²) in [5.41, 5.74) is 0. The molecular formula is C34H70O2PS+. The van der Waals surface area contributed by atoms with Crippen LogP contribution in [0.4, 0.5) is 0 Å². The molecule has 2 atom stereocenters. The molecule has 228 valence electrons. The molecule has 0 bridgehead atoms. The number of carbonyl (C=O) groups excluding carboxylic acids is 1. The van der Waals surface area contributed by atoms with Gasteiger partial charge in [-0.05, 0) is 50.9 Å². The number of thiol groups is 1. The van der Waals surface area contributed by atoms with Crippen LogP contribution in [0.1, 0.15) is 176 Å². The fourth-order valence-electron chi connectivity index (χ4n) is 5.72. The first-order chi connectivity index (χ1) is 18.5. The van der Waals surface area contributed by atoms with Crippen LogP contribution >= 0.6 is 19.9 Å². The van der Waals surface area contributed by atoms with Gasteiger partial charge in [-0.25, -0.2) is 4.79 Å². The number of hydrogen-bond donors (Lipinski definition) is 1. The second-order valence-corrected chi connectivity index (χ2v) is 17.3. The van der Waals surface area contributed by atoms with E-state index in [4.69, 9.17) is 17.4 Å². The van der Waals surface area contributed by atoms with Gasteiger partial charge in [0.15, 0.2) is 0 Å². The molecule has 0 aromatic rings. The largest absolute Gasteiger partial charge is 0.462 e. The van der Waals surface area contributed by atoms with Crippen molar-refractivity contribution in [3.8, 4) is 0 Å². The molecule has 0 spiro atoms. The van der Waals surface area contributed by atoms with Crippen LogP contribution in [0.15, 0.2) is 0 Å². The fraction of sp³-hybridized carbons (Fsp3) is 0.971. The smallest absolute Gasteiger partial charge is 0.357 e. The Morgan fingerprint density at radius 1 is 0.579 bits per heavy atom. The lowest BCUT2D eigenvalue weighted by molar-refractivity contribution is -0.142. The summed E-state index contributed by atoms with van der Waals surface area (Å²) < 4.78 is 6.05. The lowest BCUT2D eigenvalue weighted by Gasteiger charge is -2.32. The van der Waals surface area contributed by atoms with Crippen LogP contribution < -0.4 is 0 Å². The molecule has 0 aliphatic carbocycles. The molecule has 0 aliphatic heterocycles. The molecule has 2 nitrogen and oxygen atoms in total. The Hall–Kier alpha value is 0.250. The third-order valence-corrected chi connectivity index (χ3v) is 15.2. The summed E-state index contributed by atoms with van der Waals surface area (Å²) in [6.45, 7) is 11.9. The first-order valence-electron chi connectivity index (χ1n) is 17.2. The molecule has 0 aromatic heterocycles. The highest BCUT2D eigenvalue weighted by Gasteiger charge is 2.47. The molecule has 0 heterocycles. The van der Waals surface area contributed by atoms with Crippen LogP contribution in [0, 0.1) is 5.92 Å². The van der Waals surface area contributed by atoms with Gasteiger partial charge in [0, 0.05) is 7.26 Å². The van der Waals surface area contributed by atoms with Crippen molar-refractivity contribution in [2.75, 3.05) is 25.1 Å². The number of carbonyl (C=O) groups is 1. The van der Waals surface area contributed by atoms with Crippen LogP contribution in [0.3, 0.4) is 0 Å². The highest BCUT2D eigenvalue weighted by atomic mass is 32.1. The van der Waals surface area contributed by atoms with Gasteiger partial charge in [-0.15, -0.1) is 12.6 Å². The van der Waals surface area contributed by atoms with Crippen molar-refractivity contribution < 1.29 is 9.53 Å². The van der Waals surface area contributed by atoms with E-state index in [2.05, 4.69) is 34.6 Å². The second-order valence-electron chi connectivity index (χ2n) is 12.1. The first-order valence-corrected chi connectivity index (χ1v) is 20.1. The Kier molecular flexibility index (Phi) is 27.6. The van der Waals surface area contributed by atoms with Gasteiger partial charge in [0.25, 0.3) is 0 Å². The first kappa shape index (κ1) is 38.2. The molecule has 0 radical (unpaired) electrons. The molecule has 0 aliphatic rings. The number of hydrogen-bond acceptors (Lipinski definition) is 3. The average Bonchev–Trinajstić information content (AvgIpc) is 2.93. The minimum atomic E-state index is -1.51. The lowest BCUT2D eigenvalue weighted by atomic mass is 10.0. The van der Waals surface area contributed by atoms with Crippen LogP contribution in [0.5, 0.6) is 0 Å². The summed E-state index contributed by atoms with van der Waals surface area (Å²) in [4.78, 5) is 13.4. The van der Waals surface area contributed by atoms with E-state index in [0.717, 1.165) is 6.42 Å². The predicted molar refractivity (Wildman–Crippen MR) is 179 cm³/mol. The predicted octanol–water partition coefficient (Wildman–Crippen LogP) is 12.1. The molecule has 0 rings (SSSR count). The van der Waals surface area contributed by atoms with Gasteiger partial charge in [0.1, 0.15) is 0 Å². The number of esters is 1. The van der Waals surface area contributed by atoms with Crippen molar-refractivity contribution in [1.29, 1.82) is 0 Å². The summed E-state index contributed by atoms with van der Waals surface area (Å²) in [5.74, 6) is 0.516. The van der Waals surface area contributed by atoms with E-state index in [1.54, 1.807) is 0 Å². The van der Waals surface area contributed by atoms with Gasteiger partial charge >= 0.3 is 5.97 Å². The maximum atomic E-state index is 13.5. The van der Waals surface area contributed by atoms with Crippen molar-refractivity contribution in [2.24, 2.45) is 5.92 Å². The summed E-state index contributed by atoms with van der Waals surface area (Å²) in [7, 11) is -1.51. The van der Waals surface area contributed by atoms with E-state index in [0.29, 0.717) is 12.5 Å². The minimum absolute atomic E-state index is 0.0135. The molecule has 0 saturated carbocycles. The Labute approximate surface area is 246 Å². The monoisotopic (exact) mass is 573 g/mol. The van der Waals surface area contributed by atoms with E-state index in [-0.39, 0.29) is 11.0 Å². The van der Waals surface area contributed by atoms with E-state index < -0.39 is 7.26 Å². The van der Waals surface area contributed by atoms with Crippen molar-refractivity contribution in [3.05, 3.63) is 0 Å². The zero-order valence-corrected chi connectivity index (χ0v) is 28.5. The summed E-state index contributed by atoms with van der Waals surface area (Å²) >= 11 is 5.16.